The summed E-state index contributed by atoms with van der Waals surface area (Å²) >= 11 is 0. The second kappa shape index (κ2) is 26.7. The first-order valence-electron chi connectivity index (χ1n) is 20.6. The van der Waals surface area contributed by atoms with E-state index in [0.29, 0.717) is 11.3 Å². The van der Waals surface area contributed by atoms with E-state index in [2.05, 4.69) is 174 Å². The summed E-state index contributed by atoms with van der Waals surface area (Å²) in [5.74, 6) is 3.18. The zero-order valence-electron chi connectivity index (χ0n) is 34.1. The van der Waals surface area contributed by atoms with Crippen LogP contribution in [0.1, 0.15) is 46.0 Å². The monoisotopic (exact) mass is 908 g/mol. The molecule has 0 aromatic heterocycles. The molecular formula is C54H55Fe2P3+4. The van der Waals surface area contributed by atoms with Crippen molar-refractivity contribution in [2.45, 2.75) is 62.9 Å². The van der Waals surface area contributed by atoms with Gasteiger partial charge in [-0.05, 0) is 181 Å². The summed E-state index contributed by atoms with van der Waals surface area (Å²) in [5, 5.41) is 5.77. The van der Waals surface area contributed by atoms with Crippen LogP contribution in [-0.4, -0.2) is 17.0 Å². The van der Waals surface area contributed by atoms with E-state index >= 15 is 0 Å². The van der Waals surface area contributed by atoms with E-state index in [-0.39, 0.29) is 42.1 Å². The van der Waals surface area contributed by atoms with Crippen molar-refractivity contribution in [3.63, 3.8) is 0 Å². The van der Waals surface area contributed by atoms with Gasteiger partial charge in [-0.2, -0.15) is 0 Å². The molecule has 5 aliphatic carbocycles. The van der Waals surface area contributed by atoms with Gasteiger partial charge in [0.25, 0.3) is 0 Å². The average molecular weight is 909 g/mol. The third-order valence-electron chi connectivity index (χ3n) is 11.1. The van der Waals surface area contributed by atoms with Crippen molar-refractivity contribution in [1.82, 2.24) is 0 Å². The summed E-state index contributed by atoms with van der Waals surface area (Å²) in [5.41, 5.74) is 4.95. The molecule has 0 unspecified atom stereocenters. The van der Waals surface area contributed by atoms with Gasteiger partial charge in [-0.1, -0.05) is 162 Å². The maximum absolute atomic E-state index is 2.60. The van der Waals surface area contributed by atoms with E-state index in [1.807, 2.05) is 64.2 Å². The van der Waals surface area contributed by atoms with E-state index < -0.39 is 15.8 Å². The van der Waals surface area contributed by atoms with E-state index in [1.54, 1.807) is 23.2 Å². The molecule has 0 spiro atoms. The Bertz CT molecular complexity index is 1450. The molecule has 5 aliphatic rings. The van der Waals surface area contributed by atoms with Crippen LogP contribution in [0.15, 0.2) is 121 Å². The normalized spacial score (nSPS) is 20.4. The summed E-state index contributed by atoms with van der Waals surface area (Å²) in [6.45, 7) is 5.19. The minimum atomic E-state index is -0.632. The molecule has 9 rings (SSSR count). The molecule has 5 heteroatoms. The van der Waals surface area contributed by atoms with Crippen molar-refractivity contribution in [3.05, 3.63) is 247 Å². The molecule has 0 nitrogen and oxygen atoms in total. The van der Waals surface area contributed by atoms with Crippen molar-refractivity contribution in [3.8, 4) is 0 Å². The molecule has 0 bridgehead atoms. The van der Waals surface area contributed by atoms with Crippen LogP contribution in [0.2, 0.25) is 0 Å². The molecule has 5 fully saturated rings. The van der Waals surface area contributed by atoms with Crippen LogP contribution in [0.3, 0.4) is 0 Å². The van der Waals surface area contributed by atoms with Gasteiger partial charge >= 0.3 is 34.1 Å². The fraction of sp³-hybridized carbons (Fsp3) is 0.185. The van der Waals surface area contributed by atoms with Gasteiger partial charge in [0.1, 0.15) is 0 Å². The number of hydrogen-bond donors (Lipinski definition) is 0. The predicted molar refractivity (Wildman–Crippen MR) is 253 cm³/mol. The largest absolute Gasteiger partial charge is 2.00 e. The Morgan fingerprint density at radius 2 is 0.661 bits per heavy atom. The summed E-state index contributed by atoms with van der Waals surface area (Å²) in [6, 6.07) is 45.1. The quantitative estimate of drug-likeness (QED) is 0.104. The topological polar surface area (TPSA) is 0 Å². The molecule has 0 amide bonds. The van der Waals surface area contributed by atoms with E-state index in [9.17, 15) is 0 Å². The van der Waals surface area contributed by atoms with Gasteiger partial charge in [0.05, 0.1) is 0 Å². The molecule has 0 aliphatic heterocycles. The Balaban J connectivity index is 0.000000483. The van der Waals surface area contributed by atoms with Crippen molar-refractivity contribution in [2.24, 2.45) is 0 Å². The number of benzene rings is 4. The Kier molecular flexibility index (Phi) is 22.3. The summed E-state index contributed by atoms with van der Waals surface area (Å²) in [6.07, 6.45) is 41.5. The smallest absolute Gasteiger partial charge is 0.0964 e. The van der Waals surface area contributed by atoms with Crippen LogP contribution in [0.4, 0.5) is 0 Å². The fourth-order valence-corrected chi connectivity index (χ4v) is 17.7. The SMILES string of the molecule is C[C@H]([C]1[CH][CH][CH][C]1P(c1ccccc1)c1ccccc1)P(C1CCCCC1)[C@H](C)[C]1[CH][CH][CH][C]1P(c1ccccc1)c1ccccc1.[CH]1[CH][CH][CH][CH]1.[CH]1[CH][CH][CH][CH]1.[Fe+2].[Fe+2]. The first-order chi connectivity index (χ1) is 28.2. The van der Waals surface area contributed by atoms with Crippen LogP contribution in [0, 0.1) is 126 Å². The molecule has 2 atom stereocenters. The van der Waals surface area contributed by atoms with Crippen LogP contribution < -0.4 is 21.2 Å². The minimum Gasteiger partial charge on any atom is -0.0964 e. The second-order valence-electron chi connectivity index (χ2n) is 14.8. The molecular weight excluding hydrogens is 853 g/mol. The molecule has 59 heavy (non-hydrogen) atoms. The summed E-state index contributed by atoms with van der Waals surface area (Å²) < 4.78 is 0. The molecule has 0 N–H and O–H groups in total. The van der Waals surface area contributed by atoms with Crippen LogP contribution >= 0.6 is 23.8 Å². The average Bonchev–Trinajstić information content (AvgIpc) is 4.14. The molecule has 5 saturated carbocycles. The standard InChI is InChI=1S/C44H45P3.2C5H5.2Fe/c1-34(41-30-18-32-43(41)46(37-22-10-4-11-23-37)38-24-12-5-13-25-38)45(36-20-8-3-9-21-36)35(2)42-31-19-33-44(42)47(39-26-14-6-15-27-39)40-28-16-7-17-29-40;2*1-2-4-5-3-1;;/h4-7,10-19,22-36H,3,8-9,20-21H2,1-2H3;2*1-5H;;/q;;;2*+2/t34-,35-;;;;/m1..../s1. The number of hydrogen-bond acceptors (Lipinski definition) is 0. The molecule has 298 valence electrons. The summed E-state index contributed by atoms with van der Waals surface area (Å²) in [7, 11) is -1.60. The van der Waals surface area contributed by atoms with Crippen molar-refractivity contribution < 1.29 is 34.1 Å². The maximum atomic E-state index is 2.60. The van der Waals surface area contributed by atoms with Crippen molar-refractivity contribution >= 4 is 45.0 Å². The second-order valence-corrected chi connectivity index (χ2v) is 22.3. The van der Waals surface area contributed by atoms with E-state index in [1.165, 1.54) is 53.3 Å². The van der Waals surface area contributed by atoms with E-state index in [0.717, 1.165) is 5.66 Å². The third-order valence-corrected chi connectivity index (χ3v) is 19.8. The molecule has 0 heterocycles. The zero-order chi connectivity index (χ0) is 39.1. The van der Waals surface area contributed by atoms with Gasteiger partial charge in [0.15, 0.2) is 0 Å². The Hall–Kier alpha value is -0.791. The molecule has 20 radical (unpaired) electrons. The van der Waals surface area contributed by atoms with E-state index in [4.69, 9.17) is 0 Å². The number of rotatable bonds is 11. The molecule has 4 aromatic rings. The van der Waals surface area contributed by atoms with Gasteiger partial charge in [-0.15, -0.1) is 0 Å². The van der Waals surface area contributed by atoms with Crippen LogP contribution in [0.5, 0.6) is 0 Å². The first kappa shape index (κ1) is 49.2. The first-order valence-corrected chi connectivity index (χ1v) is 24.9. The van der Waals surface area contributed by atoms with Gasteiger partial charge in [-0.3, -0.25) is 0 Å². The fourth-order valence-electron chi connectivity index (χ4n) is 8.44. The van der Waals surface area contributed by atoms with Gasteiger partial charge in [0.2, 0.25) is 0 Å². The van der Waals surface area contributed by atoms with Crippen molar-refractivity contribution in [2.75, 3.05) is 0 Å². The Morgan fingerprint density at radius 3 is 0.949 bits per heavy atom. The maximum Gasteiger partial charge on any atom is 2.00 e. The predicted octanol–water partition coefficient (Wildman–Crippen LogP) is 12.3. The minimum absolute atomic E-state index is 0. The third kappa shape index (κ3) is 13.6. The Morgan fingerprint density at radius 1 is 0.373 bits per heavy atom. The van der Waals surface area contributed by atoms with Crippen LogP contribution in [-0.2, 0) is 34.1 Å². The molecule has 4 aromatic carbocycles. The summed E-state index contributed by atoms with van der Waals surface area (Å²) in [4.78, 5) is 0. The van der Waals surface area contributed by atoms with Gasteiger partial charge in [-0.25, -0.2) is 0 Å². The van der Waals surface area contributed by atoms with Crippen molar-refractivity contribution in [1.29, 1.82) is 0 Å². The molecule has 0 saturated heterocycles. The zero-order valence-corrected chi connectivity index (χ0v) is 39.0. The van der Waals surface area contributed by atoms with Gasteiger partial charge in [0, 0.05) is 11.3 Å². The van der Waals surface area contributed by atoms with Crippen LogP contribution in [0.25, 0.3) is 0 Å². The Labute approximate surface area is 386 Å². The van der Waals surface area contributed by atoms with Gasteiger partial charge < -0.3 is 0 Å².